The molecule has 0 aromatic carbocycles. The van der Waals surface area contributed by atoms with E-state index < -0.39 is 35.4 Å². The van der Waals surface area contributed by atoms with Gasteiger partial charge in [0.2, 0.25) is 17.8 Å². The van der Waals surface area contributed by atoms with Crippen LogP contribution in [0.1, 0.15) is 56.7 Å². The van der Waals surface area contributed by atoms with Crippen LogP contribution in [-0.4, -0.2) is 80.2 Å². The van der Waals surface area contributed by atoms with Crippen LogP contribution in [0.15, 0.2) is 148 Å². The molecule has 0 aliphatic heterocycles. The number of rotatable bonds is 0. The first-order chi connectivity index (χ1) is 38.0. The predicted octanol–water partition coefficient (Wildman–Crippen LogP) is 11.7. The van der Waals surface area contributed by atoms with E-state index in [1.54, 1.807) is 109 Å². The molecule has 0 radical (unpaired) electrons. The van der Waals surface area contributed by atoms with Gasteiger partial charge in [-0.3, -0.25) is 15.0 Å². The maximum Gasteiger partial charge on any atom is 0.308 e. The van der Waals surface area contributed by atoms with E-state index in [1.165, 1.54) is 63.3 Å². The molecule has 10 rings (SSSR count). The molecule has 10 aromatic rings. The Morgan fingerprint density at radius 3 is 1.34 bits per heavy atom. The number of pyridine rings is 6. The van der Waals surface area contributed by atoms with Gasteiger partial charge in [-0.1, -0.05) is 12.1 Å². The second kappa shape index (κ2) is 39.7. The average Bonchev–Trinajstić information content (AvgIpc) is 3.43. The van der Waals surface area contributed by atoms with Crippen LogP contribution in [0.25, 0.3) is 0 Å². The molecule has 0 atom stereocenters. The quantitative estimate of drug-likeness (QED) is 0.0786. The van der Waals surface area contributed by atoms with Crippen LogP contribution in [-0.2, 0) is 0 Å². The van der Waals surface area contributed by atoms with Crippen molar-refractivity contribution in [1.29, 1.82) is 0 Å². The standard InChI is InChI=1S/2C6H5F2N.4C6H6FN.2C5H5FN2.2C4H5N3/c1-4-5(7)2-9-3-6(4)8;1-4-5(7)2-3-9-6(4)8;1-5-2-3-6(7)4-8-5;1-5-6(7)3-2-4-8-5;1-5-3-2-4-8-6(5)7;1-5-3-2-4-6(7)8-5;1-4-5(6)2-7-3-8-4;1-4-2-3-7-5(6)8-4;1-4-2-6-7-3-5-4;1-4-5-2-3-6-7-4/h2*2-3H,1H3;4*2-4H,1H3;2*2-3H,1H3;2*2-3H,1H3. The van der Waals surface area contributed by atoms with E-state index in [9.17, 15) is 43.9 Å². The molecule has 0 amide bonds. The summed E-state index contributed by atoms with van der Waals surface area (Å²) in [7, 11) is 0. The van der Waals surface area contributed by atoms with Crippen molar-refractivity contribution in [3.05, 3.63) is 263 Å². The van der Waals surface area contributed by atoms with Gasteiger partial charge in [0.15, 0.2) is 5.82 Å². The molecule has 0 spiro atoms. The predicted molar refractivity (Wildman–Crippen MR) is 276 cm³/mol. The number of aryl methyl sites for hydroxylation is 8. The van der Waals surface area contributed by atoms with E-state index in [4.69, 9.17) is 0 Å². The zero-order chi connectivity index (χ0) is 59.8. The van der Waals surface area contributed by atoms with Crippen LogP contribution < -0.4 is 0 Å². The van der Waals surface area contributed by atoms with E-state index in [-0.39, 0.29) is 34.5 Å². The lowest BCUT2D eigenvalue weighted by molar-refractivity contribution is 0.535. The minimum Gasteiger partial charge on any atom is -0.259 e. The minimum atomic E-state index is -0.741. The zero-order valence-electron chi connectivity index (χ0n) is 44.8. The molecule has 0 aliphatic carbocycles. The first kappa shape index (κ1) is 68.4. The van der Waals surface area contributed by atoms with Crippen molar-refractivity contribution in [1.82, 2.24) is 80.2 Å². The molecule has 0 fully saturated rings. The van der Waals surface area contributed by atoms with Crippen molar-refractivity contribution in [3.63, 3.8) is 0 Å². The summed E-state index contributed by atoms with van der Waals surface area (Å²) in [5.74, 6) is -3.46. The molecule has 0 saturated carbocycles. The maximum absolute atomic E-state index is 12.3. The third-order valence-electron chi connectivity index (χ3n) is 8.62. The molecule has 16 nitrogen and oxygen atoms in total. The summed E-state index contributed by atoms with van der Waals surface area (Å²) in [5.41, 5.74) is 4.52. The normalized spacial score (nSPS) is 9.25. The number of aromatic nitrogens is 16. The van der Waals surface area contributed by atoms with Gasteiger partial charge < -0.3 is 0 Å². The SMILES string of the molecule is Cc1c(F)ccnc1F.Cc1c(F)cncc1F.Cc1ccc(F)cn1.Cc1cccc(F)n1.Cc1cccnc1F.Cc1ccnc(F)n1.Cc1cnncn1.Cc1ncccc1F.Cc1nccnn1.Cc1ncncc1F. The number of hydrogen-bond acceptors (Lipinski definition) is 16. The van der Waals surface area contributed by atoms with E-state index in [2.05, 4.69) is 80.2 Å². The van der Waals surface area contributed by atoms with Gasteiger partial charge in [-0.25, -0.2) is 71.2 Å². The van der Waals surface area contributed by atoms with Crippen molar-refractivity contribution in [2.75, 3.05) is 0 Å². The van der Waals surface area contributed by atoms with Crippen molar-refractivity contribution in [2.45, 2.75) is 69.2 Å². The van der Waals surface area contributed by atoms with Crippen molar-refractivity contribution >= 4 is 0 Å². The molecule has 10 heterocycles. The highest BCUT2D eigenvalue weighted by atomic mass is 19.2. The second-order valence-electron chi connectivity index (χ2n) is 15.2. The third kappa shape index (κ3) is 32.7. The van der Waals surface area contributed by atoms with Crippen LogP contribution >= 0.6 is 0 Å². The van der Waals surface area contributed by atoms with Gasteiger partial charge in [0.1, 0.15) is 47.6 Å². The van der Waals surface area contributed by atoms with Gasteiger partial charge in [-0.15, -0.1) is 10.2 Å². The summed E-state index contributed by atoms with van der Waals surface area (Å²) in [4.78, 5) is 42.2. The summed E-state index contributed by atoms with van der Waals surface area (Å²) < 4.78 is 122. The van der Waals surface area contributed by atoms with Gasteiger partial charge in [0.25, 0.3) is 0 Å². The molecule has 0 saturated heterocycles. The van der Waals surface area contributed by atoms with Gasteiger partial charge in [0.05, 0.1) is 54.3 Å². The Labute approximate surface area is 455 Å². The Kier molecular flexibility index (Phi) is 34.0. The van der Waals surface area contributed by atoms with Crippen LogP contribution in [0.4, 0.5) is 43.9 Å². The molecule has 0 unspecified atom stereocenters. The lowest BCUT2D eigenvalue weighted by Gasteiger charge is -1.93. The van der Waals surface area contributed by atoms with Crippen LogP contribution in [0.3, 0.4) is 0 Å². The third-order valence-corrected chi connectivity index (χ3v) is 8.62. The van der Waals surface area contributed by atoms with Crippen LogP contribution in [0.2, 0.25) is 0 Å². The molecule has 420 valence electrons. The number of halogens is 10. The van der Waals surface area contributed by atoms with Crippen LogP contribution in [0.5, 0.6) is 0 Å². The van der Waals surface area contributed by atoms with E-state index in [1.807, 2.05) is 13.8 Å². The molecule has 26 heteroatoms. The highest BCUT2D eigenvalue weighted by molar-refractivity contribution is 5.12. The van der Waals surface area contributed by atoms with Gasteiger partial charge in [-0.05, 0) is 124 Å². The molecule has 0 N–H and O–H groups in total. The maximum atomic E-state index is 12.3. The molecule has 10 aromatic heterocycles. The smallest absolute Gasteiger partial charge is 0.259 e. The van der Waals surface area contributed by atoms with E-state index in [0.29, 0.717) is 34.2 Å². The van der Waals surface area contributed by atoms with E-state index >= 15 is 0 Å². The number of nitrogens with zero attached hydrogens (tertiary/aromatic N) is 16. The topological polar surface area (TPSA) is 206 Å². The lowest BCUT2D eigenvalue weighted by atomic mass is 10.3. The summed E-state index contributed by atoms with van der Waals surface area (Å²) in [5, 5.41) is 14.2. The molecule has 0 aliphatic rings. The summed E-state index contributed by atoms with van der Waals surface area (Å²) in [6, 6.07) is 16.9. The molecule has 80 heavy (non-hydrogen) atoms. The van der Waals surface area contributed by atoms with Crippen LogP contribution in [0, 0.1) is 128 Å². The summed E-state index contributed by atoms with van der Waals surface area (Å²) in [6.07, 6.45) is 16.7. The van der Waals surface area contributed by atoms with Crippen molar-refractivity contribution in [2.24, 2.45) is 0 Å². The molecule has 0 bridgehead atoms. The minimum absolute atomic E-state index is 0.0185. The second-order valence-corrected chi connectivity index (χ2v) is 15.2. The van der Waals surface area contributed by atoms with Gasteiger partial charge in [-0.2, -0.15) is 27.8 Å². The molecular formula is C54H54F10N16. The van der Waals surface area contributed by atoms with E-state index in [0.717, 1.165) is 42.2 Å². The largest absolute Gasteiger partial charge is 0.308 e. The highest BCUT2D eigenvalue weighted by Crippen LogP contribution is 2.07. The van der Waals surface area contributed by atoms with Gasteiger partial charge in [0, 0.05) is 64.8 Å². The Hall–Kier alpha value is -9.62. The zero-order valence-corrected chi connectivity index (χ0v) is 44.8. The average molecular weight is 1120 g/mol. The Bertz CT molecular complexity index is 2880. The lowest BCUT2D eigenvalue weighted by Crippen LogP contribution is -1.90. The fourth-order valence-corrected chi connectivity index (χ4v) is 4.26. The Morgan fingerprint density at radius 2 is 0.975 bits per heavy atom. The molecular weight excluding hydrogens is 1060 g/mol. The first-order valence-electron chi connectivity index (χ1n) is 22.9. The van der Waals surface area contributed by atoms with Crippen molar-refractivity contribution in [3.8, 4) is 0 Å². The highest BCUT2D eigenvalue weighted by Gasteiger charge is 2.02. The number of hydrogen-bond donors (Lipinski definition) is 0. The fourth-order valence-electron chi connectivity index (χ4n) is 4.26. The summed E-state index contributed by atoms with van der Waals surface area (Å²) in [6.45, 7) is 16.6. The monoisotopic (exact) mass is 1120 g/mol. The Morgan fingerprint density at radius 1 is 0.338 bits per heavy atom. The van der Waals surface area contributed by atoms with Gasteiger partial charge >= 0.3 is 6.08 Å². The summed E-state index contributed by atoms with van der Waals surface area (Å²) >= 11 is 0. The Balaban J connectivity index is 0.000000445. The first-order valence-corrected chi connectivity index (χ1v) is 22.9. The fraction of sp³-hybridized carbons (Fsp3) is 0.185. The van der Waals surface area contributed by atoms with Crippen molar-refractivity contribution < 1.29 is 43.9 Å².